The number of hydrogen-bond donors (Lipinski definition) is 1. The molecule has 0 saturated carbocycles. The fourth-order valence-corrected chi connectivity index (χ4v) is 7.94. The highest BCUT2D eigenvalue weighted by atomic mass is 79.9. The summed E-state index contributed by atoms with van der Waals surface area (Å²) in [5, 5.41) is 4.68. The first-order valence-electron chi connectivity index (χ1n) is 16.4. The first-order valence-corrected chi connectivity index (χ1v) is 17.2. The number of H-pyrrole nitrogens is 1. The summed E-state index contributed by atoms with van der Waals surface area (Å²) in [6.07, 6.45) is 0.709. The molecule has 8 aromatic rings. The third kappa shape index (κ3) is 4.74. The van der Waals surface area contributed by atoms with Crippen LogP contribution >= 0.6 is 15.9 Å². The molecule has 1 atom stereocenters. The molecule has 48 heavy (non-hydrogen) atoms. The lowest BCUT2D eigenvalue weighted by Crippen LogP contribution is -2.46. The molecule has 3 heterocycles. The predicted molar refractivity (Wildman–Crippen MR) is 202 cm³/mol. The summed E-state index contributed by atoms with van der Waals surface area (Å²) in [5.74, 6) is 0. The van der Waals surface area contributed by atoms with Gasteiger partial charge in [-0.2, -0.15) is 0 Å². The second kappa shape index (κ2) is 11.0. The molecule has 0 spiro atoms. The Labute approximate surface area is 288 Å². The van der Waals surface area contributed by atoms with Crippen molar-refractivity contribution >= 4 is 72.3 Å². The van der Waals surface area contributed by atoms with E-state index in [9.17, 15) is 0 Å². The molecule has 1 aliphatic rings. The Bertz CT molecular complexity index is 2530. The Morgan fingerprint density at radius 3 is 2.29 bits per heavy atom. The van der Waals surface area contributed by atoms with Crippen LogP contribution in [0.2, 0.25) is 0 Å². The summed E-state index contributed by atoms with van der Waals surface area (Å²) in [6, 6.07) is 44.8. The Kier molecular flexibility index (Phi) is 6.74. The number of halogens is 1. The Balaban J connectivity index is 1.03. The van der Waals surface area contributed by atoms with Crippen molar-refractivity contribution < 1.29 is 13.7 Å². The van der Waals surface area contributed by atoms with Crippen molar-refractivity contribution in [2.24, 2.45) is 0 Å². The van der Waals surface area contributed by atoms with Crippen molar-refractivity contribution in [3.05, 3.63) is 137 Å². The summed E-state index contributed by atoms with van der Waals surface area (Å²) in [5.41, 5.74) is 9.73. The second-order valence-corrected chi connectivity index (χ2v) is 14.5. The second-order valence-electron chi connectivity index (χ2n) is 13.6. The number of hydrogen-bond acceptors (Lipinski definition) is 3. The van der Waals surface area contributed by atoms with Crippen molar-refractivity contribution in [2.45, 2.75) is 38.4 Å². The lowest BCUT2D eigenvalue weighted by molar-refractivity contribution is -0.00876. The van der Waals surface area contributed by atoms with Gasteiger partial charge in [-0.15, -0.1) is 0 Å². The van der Waals surface area contributed by atoms with E-state index in [2.05, 4.69) is 151 Å². The molecule has 6 aromatic carbocycles. The van der Waals surface area contributed by atoms with E-state index in [1.165, 1.54) is 27.5 Å². The van der Waals surface area contributed by atoms with Gasteiger partial charge >= 0.3 is 7.12 Å². The molecule has 1 aliphatic heterocycles. The minimum absolute atomic E-state index is 0.492. The minimum atomic E-state index is -0.561. The highest BCUT2D eigenvalue weighted by molar-refractivity contribution is 9.10. The molecule has 0 radical (unpaired) electrons. The SMILES string of the molecule is CC1(C)OB(c2cccc(-c3cccc4oc5ccccc5c34)c2)OC1(C)Cc1cccc(-c2cc(Br)c3[nH]c4ccccc4c3c2)c1. The van der Waals surface area contributed by atoms with Crippen LogP contribution in [0.15, 0.2) is 136 Å². The topological polar surface area (TPSA) is 47.4 Å². The third-order valence-corrected chi connectivity index (χ3v) is 10.9. The van der Waals surface area contributed by atoms with E-state index >= 15 is 0 Å². The van der Waals surface area contributed by atoms with Crippen LogP contribution in [0.1, 0.15) is 26.3 Å². The van der Waals surface area contributed by atoms with Gasteiger partial charge in [0.2, 0.25) is 0 Å². The molecular formula is C42H33BBrNO3. The maximum absolute atomic E-state index is 6.90. The highest BCUT2D eigenvalue weighted by Gasteiger charge is 2.54. The molecule has 0 bridgehead atoms. The van der Waals surface area contributed by atoms with Gasteiger partial charge < -0.3 is 18.7 Å². The normalized spacial score (nSPS) is 17.7. The van der Waals surface area contributed by atoms with Crippen LogP contribution in [0.5, 0.6) is 0 Å². The minimum Gasteiger partial charge on any atom is -0.456 e. The van der Waals surface area contributed by atoms with E-state index in [1.54, 1.807) is 0 Å². The van der Waals surface area contributed by atoms with E-state index in [-0.39, 0.29) is 0 Å². The molecular weight excluding hydrogens is 657 g/mol. The van der Waals surface area contributed by atoms with E-state index in [4.69, 9.17) is 13.7 Å². The van der Waals surface area contributed by atoms with E-state index in [0.29, 0.717) is 6.42 Å². The zero-order valence-corrected chi connectivity index (χ0v) is 28.6. The molecule has 9 rings (SSSR count). The largest absolute Gasteiger partial charge is 0.494 e. The number of furan rings is 1. The summed E-state index contributed by atoms with van der Waals surface area (Å²) in [7, 11) is -0.492. The third-order valence-electron chi connectivity index (χ3n) is 10.3. The van der Waals surface area contributed by atoms with Gasteiger partial charge in [0.1, 0.15) is 11.2 Å². The molecule has 2 aromatic heterocycles. The van der Waals surface area contributed by atoms with Gasteiger partial charge in [0.05, 0.1) is 16.7 Å². The van der Waals surface area contributed by atoms with Crippen LogP contribution in [0.4, 0.5) is 0 Å². The molecule has 1 saturated heterocycles. The molecule has 0 aliphatic carbocycles. The average molecular weight is 690 g/mol. The van der Waals surface area contributed by atoms with Crippen LogP contribution in [-0.4, -0.2) is 23.3 Å². The van der Waals surface area contributed by atoms with Crippen LogP contribution in [0.3, 0.4) is 0 Å². The fraction of sp³-hybridized carbons (Fsp3) is 0.143. The fourth-order valence-electron chi connectivity index (χ4n) is 7.38. The molecule has 0 amide bonds. The first-order chi connectivity index (χ1) is 23.3. The van der Waals surface area contributed by atoms with Crippen molar-refractivity contribution in [3.63, 3.8) is 0 Å². The van der Waals surface area contributed by atoms with Gasteiger partial charge in [-0.1, -0.05) is 97.1 Å². The standard InChI is InChI=1S/C42H33BBrNO3/c1-41(2)42(3,25-26-11-8-12-27(21-26)29-23-34-32-15-4-6-18-36(32)45-40(34)35(44)24-29)48-43(47-41)30-14-9-13-28(22-30)31-17-10-20-38-39(31)33-16-5-7-19-37(33)46-38/h4-24,45H,25H2,1-3H3. The van der Waals surface area contributed by atoms with Crippen molar-refractivity contribution in [1.82, 2.24) is 4.98 Å². The maximum Gasteiger partial charge on any atom is 0.494 e. The van der Waals surface area contributed by atoms with E-state index in [1.807, 2.05) is 18.2 Å². The summed E-state index contributed by atoms with van der Waals surface area (Å²) >= 11 is 3.83. The first kappa shape index (κ1) is 29.5. The number of benzene rings is 6. The number of para-hydroxylation sites is 2. The molecule has 1 N–H and O–H groups in total. The predicted octanol–water partition coefficient (Wildman–Crippen LogP) is 10.8. The Morgan fingerprint density at radius 2 is 1.40 bits per heavy atom. The van der Waals surface area contributed by atoms with Crippen LogP contribution < -0.4 is 5.46 Å². The number of rotatable bonds is 5. The molecule has 6 heteroatoms. The van der Waals surface area contributed by atoms with Gasteiger partial charge in [0.25, 0.3) is 0 Å². The molecule has 1 fully saturated rings. The summed E-state index contributed by atoms with van der Waals surface area (Å²) in [4.78, 5) is 3.56. The van der Waals surface area contributed by atoms with Crippen molar-refractivity contribution in [3.8, 4) is 22.3 Å². The van der Waals surface area contributed by atoms with Crippen LogP contribution in [0.25, 0.3) is 66.0 Å². The number of nitrogens with one attached hydrogen (secondary N) is 1. The van der Waals surface area contributed by atoms with E-state index < -0.39 is 18.3 Å². The van der Waals surface area contributed by atoms with Crippen molar-refractivity contribution in [1.29, 1.82) is 0 Å². The lowest BCUT2D eigenvalue weighted by atomic mass is 9.77. The summed E-state index contributed by atoms with van der Waals surface area (Å²) < 4.78 is 20.8. The molecule has 4 nitrogen and oxygen atoms in total. The van der Waals surface area contributed by atoms with E-state index in [0.717, 1.165) is 54.0 Å². The smallest absolute Gasteiger partial charge is 0.456 e. The van der Waals surface area contributed by atoms with Crippen LogP contribution in [0, 0.1) is 0 Å². The molecule has 1 unspecified atom stereocenters. The Hall–Kier alpha value is -4.62. The van der Waals surface area contributed by atoms with Gasteiger partial charge in [-0.05, 0) is 100 Å². The Morgan fingerprint density at radius 1 is 0.646 bits per heavy atom. The van der Waals surface area contributed by atoms with Crippen LogP contribution in [-0.2, 0) is 15.7 Å². The maximum atomic E-state index is 6.90. The van der Waals surface area contributed by atoms with Gasteiger partial charge in [0.15, 0.2) is 0 Å². The number of aromatic nitrogens is 1. The van der Waals surface area contributed by atoms with Gasteiger partial charge in [-0.3, -0.25) is 0 Å². The number of fused-ring (bicyclic) bond motifs is 6. The quantitative estimate of drug-likeness (QED) is 0.183. The molecule has 234 valence electrons. The van der Waals surface area contributed by atoms with Gasteiger partial charge in [-0.25, -0.2) is 0 Å². The monoisotopic (exact) mass is 689 g/mol. The zero-order valence-electron chi connectivity index (χ0n) is 27.0. The zero-order chi connectivity index (χ0) is 32.6. The number of aromatic amines is 1. The highest BCUT2D eigenvalue weighted by Crippen LogP contribution is 2.42. The van der Waals surface area contributed by atoms with Gasteiger partial charge in [0, 0.05) is 38.0 Å². The summed E-state index contributed by atoms with van der Waals surface area (Å²) in [6.45, 7) is 6.46. The lowest BCUT2D eigenvalue weighted by Gasteiger charge is -2.36. The average Bonchev–Trinajstić information content (AvgIpc) is 3.74. The van der Waals surface area contributed by atoms with Crippen molar-refractivity contribution in [2.75, 3.05) is 0 Å².